The molecule has 1 aromatic rings. The number of ketones is 1. The topological polar surface area (TPSA) is 43.4 Å². The summed E-state index contributed by atoms with van der Waals surface area (Å²) in [7, 11) is 1.24. The minimum Gasteiger partial charge on any atom is -0.468 e. The van der Waals surface area contributed by atoms with Crippen LogP contribution in [0.1, 0.15) is 42.1 Å². The van der Waals surface area contributed by atoms with Gasteiger partial charge in [-0.1, -0.05) is 31.4 Å². The Labute approximate surface area is 112 Å². The number of unbranched alkanes of at least 4 members (excludes halogenated alkanes) is 1. The summed E-state index contributed by atoms with van der Waals surface area (Å²) in [5.41, 5.74) is 0.746. The van der Waals surface area contributed by atoms with Gasteiger partial charge in [-0.25, -0.2) is 4.39 Å². The molecule has 0 amide bonds. The van der Waals surface area contributed by atoms with Gasteiger partial charge in [0.05, 0.1) is 12.7 Å². The number of carbonyl (C=O) groups excluding carboxylic acids is 2. The molecule has 0 aromatic heterocycles. The van der Waals surface area contributed by atoms with E-state index in [-0.39, 0.29) is 5.56 Å². The Morgan fingerprint density at radius 3 is 2.63 bits per heavy atom. The molecule has 1 aromatic carbocycles. The second kappa shape index (κ2) is 7.02. The van der Waals surface area contributed by atoms with Crippen molar-refractivity contribution in [1.82, 2.24) is 0 Å². The number of methoxy groups -OCH3 is 1. The molecule has 0 saturated heterocycles. The number of halogens is 1. The van der Waals surface area contributed by atoms with E-state index in [2.05, 4.69) is 4.74 Å². The summed E-state index contributed by atoms with van der Waals surface area (Å²) in [6, 6.07) is 4.31. The molecule has 0 aliphatic rings. The Morgan fingerprint density at radius 2 is 2.05 bits per heavy atom. The van der Waals surface area contributed by atoms with Crippen molar-refractivity contribution in [3.63, 3.8) is 0 Å². The molecule has 1 rings (SSSR count). The van der Waals surface area contributed by atoms with Gasteiger partial charge in [-0.05, 0) is 25.5 Å². The van der Waals surface area contributed by atoms with E-state index in [1.807, 2.05) is 6.92 Å². The van der Waals surface area contributed by atoms with Crippen LogP contribution >= 0.6 is 0 Å². The first kappa shape index (κ1) is 15.3. The molecule has 19 heavy (non-hydrogen) atoms. The molecule has 0 spiro atoms. The van der Waals surface area contributed by atoms with Crippen molar-refractivity contribution in [1.29, 1.82) is 0 Å². The van der Waals surface area contributed by atoms with Crippen molar-refractivity contribution in [3.8, 4) is 0 Å². The third-order valence-corrected chi connectivity index (χ3v) is 3.04. The molecule has 1 unspecified atom stereocenters. The highest BCUT2D eigenvalue weighted by Gasteiger charge is 2.29. The van der Waals surface area contributed by atoms with Crippen LogP contribution < -0.4 is 0 Å². The van der Waals surface area contributed by atoms with Crippen molar-refractivity contribution >= 4 is 11.8 Å². The van der Waals surface area contributed by atoms with Gasteiger partial charge in [0.1, 0.15) is 11.7 Å². The molecule has 3 nitrogen and oxygen atoms in total. The van der Waals surface area contributed by atoms with Crippen LogP contribution in [-0.2, 0) is 9.53 Å². The molecular weight excluding hydrogens is 247 g/mol. The summed E-state index contributed by atoms with van der Waals surface area (Å²) in [5, 5.41) is 0. The summed E-state index contributed by atoms with van der Waals surface area (Å²) in [6.45, 7) is 3.74. The van der Waals surface area contributed by atoms with Crippen LogP contribution in [0.25, 0.3) is 0 Å². The van der Waals surface area contributed by atoms with Crippen LogP contribution in [0.5, 0.6) is 0 Å². The highest BCUT2D eigenvalue weighted by Crippen LogP contribution is 2.20. The molecule has 0 saturated carbocycles. The van der Waals surface area contributed by atoms with E-state index in [1.54, 1.807) is 13.0 Å². The maximum Gasteiger partial charge on any atom is 0.316 e. The molecule has 0 aliphatic heterocycles. The predicted octanol–water partition coefficient (Wildman–Crippen LogP) is 3.30. The molecule has 0 heterocycles. The number of rotatable bonds is 6. The Balaban J connectivity index is 3.04. The molecule has 104 valence electrons. The van der Waals surface area contributed by atoms with Crippen molar-refractivity contribution in [3.05, 3.63) is 35.1 Å². The normalized spacial score (nSPS) is 12.0. The van der Waals surface area contributed by atoms with Crippen LogP contribution in [0.3, 0.4) is 0 Å². The fraction of sp³-hybridized carbons (Fsp3) is 0.467. The van der Waals surface area contributed by atoms with Gasteiger partial charge in [0, 0.05) is 0 Å². The van der Waals surface area contributed by atoms with Gasteiger partial charge in [-0.2, -0.15) is 0 Å². The van der Waals surface area contributed by atoms with Gasteiger partial charge < -0.3 is 4.74 Å². The molecule has 1 atom stereocenters. The lowest BCUT2D eigenvalue weighted by Crippen LogP contribution is -2.26. The minimum atomic E-state index is -0.916. The van der Waals surface area contributed by atoms with E-state index in [0.717, 1.165) is 18.4 Å². The molecule has 0 fully saturated rings. The first-order valence-electron chi connectivity index (χ1n) is 6.39. The van der Waals surface area contributed by atoms with E-state index in [0.29, 0.717) is 6.42 Å². The molecular formula is C15H19FO3. The van der Waals surface area contributed by atoms with Crippen LogP contribution in [0, 0.1) is 18.7 Å². The standard InChI is InChI=1S/C15H19FO3/c1-4-5-6-11(15(18)19-3)14(17)12-9-10(2)7-8-13(12)16/h7-9,11H,4-6H2,1-3H3. The van der Waals surface area contributed by atoms with Crippen LogP contribution in [0.4, 0.5) is 4.39 Å². The lowest BCUT2D eigenvalue weighted by molar-refractivity contribution is -0.143. The third kappa shape index (κ3) is 3.88. The van der Waals surface area contributed by atoms with Gasteiger partial charge in [0.15, 0.2) is 5.78 Å². The molecule has 0 radical (unpaired) electrons. The summed E-state index contributed by atoms with van der Waals surface area (Å²) < 4.78 is 18.3. The fourth-order valence-electron chi connectivity index (χ4n) is 1.92. The van der Waals surface area contributed by atoms with Gasteiger partial charge in [-0.3, -0.25) is 9.59 Å². The maximum absolute atomic E-state index is 13.7. The predicted molar refractivity (Wildman–Crippen MR) is 70.5 cm³/mol. The van der Waals surface area contributed by atoms with E-state index < -0.39 is 23.5 Å². The minimum absolute atomic E-state index is 0.0356. The van der Waals surface area contributed by atoms with Crippen molar-refractivity contribution in [2.75, 3.05) is 7.11 Å². The van der Waals surface area contributed by atoms with Crippen molar-refractivity contribution in [2.45, 2.75) is 33.1 Å². The van der Waals surface area contributed by atoms with Gasteiger partial charge in [0.25, 0.3) is 0 Å². The second-order valence-electron chi connectivity index (χ2n) is 4.57. The Morgan fingerprint density at radius 1 is 1.37 bits per heavy atom. The van der Waals surface area contributed by atoms with Crippen molar-refractivity contribution in [2.24, 2.45) is 5.92 Å². The zero-order valence-electron chi connectivity index (χ0n) is 11.5. The number of aryl methyl sites for hydroxylation is 1. The summed E-state index contributed by atoms with van der Waals surface area (Å²) in [6.07, 6.45) is 1.96. The maximum atomic E-state index is 13.7. The van der Waals surface area contributed by atoms with E-state index in [9.17, 15) is 14.0 Å². The smallest absolute Gasteiger partial charge is 0.316 e. The number of hydrogen-bond donors (Lipinski definition) is 0. The van der Waals surface area contributed by atoms with Crippen molar-refractivity contribution < 1.29 is 18.7 Å². The van der Waals surface area contributed by atoms with Crippen LogP contribution in [0.15, 0.2) is 18.2 Å². The first-order valence-corrected chi connectivity index (χ1v) is 6.39. The second-order valence-corrected chi connectivity index (χ2v) is 4.57. The molecule has 4 heteroatoms. The van der Waals surface area contributed by atoms with Gasteiger partial charge >= 0.3 is 5.97 Å². The number of ether oxygens (including phenoxy) is 1. The average molecular weight is 266 g/mol. The summed E-state index contributed by atoms with van der Waals surface area (Å²) in [4.78, 5) is 23.9. The largest absolute Gasteiger partial charge is 0.468 e. The number of hydrogen-bond acceptors (Lipinski definition) is 3. The lowest BCUT2D eigenvalue weighted by atomic mass is 9.92. The Hall–Kier alpha value is -1.71. The van der Waals surface area contributed by atoms with Gasteiger partial charge in [0.2, 0.25) is 0 Å². The van der Waals surface area contributed by atoms with E-state index >= 15 is 0 Å². The number of carbonyl (C=O) groups is 2. The monoisotopic (exact) mass is 266 g/mol. The number of Topliss-reactive ketones (excluding diaryl/α,β-unsaturated/α-hetero) is 1. The molecule has 0 aliphatic carbocycles. The highest BCUT2D eigenvalue weighted by atomic mass is 19.1. The van der Waals surface area contributed by atoms with Crippen LogP contribution in [-0.4, -0.2) is 18.9 Å². The van der Waals surface area contributed by atoms with Gasteiger partial charge in [-0.15, -0.1) is 0 Å². The molecule has 0 bridgehead atoms. The van der Waals surface area contributed by atoms with Crippen LogP contribution in [0.2, 0.25) is 0 Å². The van der Waals surface area contributed by atoms with E-state index in [1.165, 1.54) is 19.2 Å². The summed E-state index contributed by atoms with van der Waals surface area (Å²) >= 11 is 0. The zero-order chi connectivity index (χ0) is 14.4. The number of esters is 1. The lowest BCUT2D eigenvalue weighted by Gasteiger charge is -2.14. The highest BCUT2D eigenvalue weighted by molar-refractivity contribution is 6.08. The Kier molecular flexibility index (Phi) is 5.67. The average Bonchev–Trinajstić information content (AvgIpc) is 2.41. The first-order chi connectivity index (χ1) is 9.01. The molecule has 0 N–H and O–H groups in total. The number of benzene rings is 1. The summed E-state index contributed by atoms with van der Waals surface area (Å²) in [5.74, 6) is -2.61. The quantitative estimate of drug-likeness (QED) is 0.451. The third-order valence-electron chi connectivity index (χ3n) is 3.04. The van der Waals surface area contributed by atoms with E-state index in [4.69, 9.17) is 0 Å². The zero-order valence-corrected chi connectivity index (χ0v) is 11.5. The fourth-order valence-corrected chi connectivity index (χ4v) is 1.92. The Bertz CT molecular complexity index is 468. The SMILES string of the molecule is CCCCC(C(=O)OC)C(=O)c1cc(C)ccc1F.